The third kappa shape index (κ3) is 13.0. The quantitative estimate of drug-likeness (QED) is 0.0753. The second-order valence-electron chi connectivity index (χ2n) is 8.04. The molecule has 0 aliphatic rings. The van der Waals surface area contributed by atoms with Gasteiger partial charge in [-0.3, -0.25) is 20.2 Å². The van der Waals surface area contributed by atoms with E-state index in [1.165, 1.54) is 24.3 Å². The number of aldehydes is 1. The molecule has 0 heterocycles. The molecule has 196 valence electrons. The lowest BCUT2D eigenvalue weighted by Gasteiger charge is -2.05. The Morgan fingerprint density at radius 2 is 1.17 bits per heavy atom. The van der Waals surface area contributed by atoms with E-state index in [1.54, 1.807) is 0 Å². The topological polar surface area (TPSA) is 170 Å². The highest BCUT2D eigenvalue weighted by atomic mass is 16.6. The number of aromatic hydroxyl groups is 2. The van der Waals surface area contributed by atoms with Crippen LogP contribution in [0.2, 0.25) is 0 Å². The number of non-ortho nitro benzene ring substituents is 2. The number of nitro benzene ring substituents is 2. The van der Waals surface area contributed by atoms with Crippen molar-refractivity contribution in [1.29, 1.82) is 0 Å². The number of hydrogen-bond donors (Lipinski definition) is 2. The maximum atomic E-state index is 12.0. The first-order chi connectivity index (χ1) is 17.2. The molecule has 0 aliphatic heterocycles. The molecule has 11 heteroatoms. The molecule has 0 amide bonds. The Kier molecular flexibility index (Phi) is 14.5. The molecule has 2 N–H and O–H groups in total. The summed E-state index contributed by atoms with van der Waals surface area (Å²) in [7, 11) is 0. The fourth-order valence-electron chi connectivity index (χ4n) is 3.19. The van der Waals surface area contributed by atoms with Crippen LogP contribution < -0.4 is 0 Å². The predicted octanol–water partition coefficient (Wildman–Crippen LogP) is 5.86. The minimum atomic E-state index is -0.804. The van der Waals surface area contributed by atoms with E-state index >= 15 is 0 Å². The molecule has 11 nitrogen and oxygen atoms in total. The zero-order valence-electron chi connectivity index (χ0n) is 20.0. The van der Waals surface area contributed by atoms with Crippen molar-refractivity contribution in [2.45, 2.75) is 64.2 Å². The van der Waals surface area contributed by atoms with E-state index in [9.17, 15) is 29.8 Å². The summed E-state index contributed by atoms with van der Waals surface area (Å²) in [5, 5.41) is 39.0. The van der Waals surface area contributed by atoms with Gasteiger partial charge in [0.15, 0.2) is 0 Å². The predicted molar refractivity (Wildman–Crippen MR) is 132 cm³/mol. The van der Waals surface area contributed by atoms with Gasteiger partial charge in [-0.1, -0.05) is 44.9 Å². The van der Waals surface area contributed by atoms with E-state index < -0.39 is 27.2 Å². The van der Waals surface area contributed by atoms with Gasteiger partial charge in [-0.15, -0.1) is 0 Å². The number of carbonyl (C=O) groups excluding carboxylic acids is 2. The van der Waals surface area contributed by atoms with Crippen LogP contribution in [-0.4, -0.2) is 38.9 Å². The lowest BCUT2D eigenvalue weighted by molar-refractivity contribution is -0.394. The van der Waals surface area contributed by atoms with Crippen molar-refractivity contribution in [2.75, 3.05) is 6.61 Å². The summed E-state index contributed by atoms with van der Waals surface area (Å²) >= 11 is 0. The molecule has 2 rings (SSSR count). The Balaban J connectivity index is 0.000000681. The van der Waals surface area contributed by atoms with Crippen LogP contribution in [-0.2, 0) is 9.53 Å². The monoisotopic (exact) mass is 504 g/mol. The average molecular weight is 505 g/mol. The van der Waals surface area contributed by atoms with Crippen LogP contribution in [0.4, 0.5) is 11.4 Å². The van der Waals surface area contributed by atoms with Gasteiger partial charge in [0, 0.05) is 18.6 Å². The minimum Gasteiger partial charge on any atom is -0.508 e. The van der Waals surface area contributed by atoms with E-state index in [0.29, 0.717) is 12.8 Å². The molecular weight excluding hydrogens is 472 g/mol. The van der Waals surface area contributed by atoms with Gasteiger partial charge in [0.05, 0.1) is 28.1 Å². The first-order valence-corrected chi connectivity index (χ1v) is 11.8. The number of ether oxygens (including phenoxy) is 1. The zero-order valence-corrected chi connectivity index (χ0v) is 20.0. The molecule has 0 spiro atoms. The summed E-state index contributed by atoms with van der Waals surface area (Å²) in [6, 6.07) is 8.46. The summed E-state index contributed by atoms with van der Waals surface area (Å²) in [5.74, 6) is -0.465. The van der Waals surface area contributed by atoms with E-state index in [-0.39, 0.29) is 23.7 Å². The summed E-state index contributed by atoms with van der Waals surface area (Å²) < 4.78 is 5.07. The van der Waals surface area contributed by atoms with Gasteiger partial charge in [0.2, 0.25) is 0 Å². The molecule has 0 bridgehead atoms. The molecule has 0 fully saturated rings. The number of rotatable bonds is 15. The lowest BCUT2D eigenvalue weighted by atomic mass is 10.1. The SMILES string of the molecule is O=CCCCCCCCCCCCOC(=O)c1cc([N+](=O)[O-])cc([N+](=O)[O-])c1.Oc1ccc(O)cc1. The fourth-order valence-corrected chi connectivity index (χ4v) is 3.19. The van der Waals surface area contributed by atoms with Crippen LogP contribution in [0.5, 0.6) is 11.5 Å². The molecule has 0 saturated carbocycles. The van der Waals surface area contributed by atoms with E-state index in [2.05, 4.69) is 0 Å². The second kappa shape index (κ2) is 17.4. The molecule has 2 aromatic carbocycles. The number of phenolic OH excluding ortho intramolecular Hbond substituents is 2. The maximum Gasteiger partial charge on any atom is 0.338 e. The number of esters is 1. The van der Waals surface area contributed by atoms with Crippen molar-refractivity contribution in [3.63, 3.8) is 0 Å². The van der Waals surface area contributed by atoms with Crippen LogP contribution in [0.15, 0.2) is 42.5 Å². The standard InChI is InChI=1S/C19H26N2O7.C6H6O2/c22-11-9-7-5-3-1-2-4-6-8-10-12-28-19(23)16-13-17(20(24)25)15-18(14-16)21(26)27;7-5-1-2-6(8)4-3-5/h11,13-15H,1-10,12H2;1-4,7-8H. The van der Waals surface area contributed by atoms with Crippen molar-refractivity contribution in [1.82, 2.24) is 0 Å². The number of hydrogen-bond acceptors (Lipinski definition) is 9. The van der Waals surface area contributed by atoms with Gasteiger partial charge in [-0.25, -0.2) is 4.79 Å². The molecule has 0 radical (unpaired) electrons. The Bertz CT molecular complexity index is 925. The highest BCUT2D eigenvalue weighted by Gasteiger charge is 2.20. The second-order valence-corrected chi connectivity index (χ2v) is 8.04. The molecule has 0 saturated heterocycles. The molecular formula is C25H32N2O9. The number of unbranched alkanes of at least 4 members (excludes halogenated alkanes) is 9. The normalized spacial score (nSPS) is 10.1. The Labute approximate surface area is 209 Å². The lowest BCUT2D eigenvalue weighted by Crippen LogP contribution is -2.08. The summed E-state index contributed by atoms with van der Waals surface area (Å²) in [4.78, 5) is 42.3. The van der Waals surface area contributed by atoms with Gasteiger partial charge in [-0.05, 0) is 37.1 Å². The van der Waals surface area contributed by atoms with E-state index in [4.69, 9.17) is 14.9 Å². The van der Waals surface area contributed by atoms with Crippen molar-refractivity contribution in [3.05, 3.63) is 68.3 Å². The number of phenols is 2. The number of nitro groups is 2. The highest BCUT2D eigenvalue weighted by Crippen LogP contribution is 2.23. The van der Waals surface area contributed by atoms with Gasteiger partial charge in [0.1, 0.15) is 17.8 Å². The molecule has 2 aromatic rings. The molecule has 36 heavy (non-hydrogen) atoms. The smallest absolute Gasteiger partial charge is 0.338 e. The Morgan fingerprint density at radius 3 is 1.58 bits per heavy atom. The van der Waals surface area contributed by atoms with Crippen molar-refractivity contribution >= 4 is 23.6 Å². The number of carbonyl (C=O) groups is 2. The van der Waals surface area contributed by atoms with Crippen LogP contribution in [0, 0.1) is 20.2 Å². The summed E-state index contributed by atoms with van der Waals surface area (Å²) in [5.41, 5.74) is -1.24. The maximum absolute atomic E-state index is 12.0. The Morgan fingerprint density at radius 1 is 0.750 bits per heavy atom. The summed E-state index contributed by atoms with van der Waals surface area (Å²) in [6.07, 6.45) is 10.8. The number of nitrogens with zero attached hydrogens (tertiary/aromatic N) is 2. The fraction of sp³-hybridized carbons (Fsp3) is 0.440. The first-order valence-electron chi connectivity index (χ1n) is 11.8. The van der Waals surface area contributed by atoms with E-state index in [0.717, 1.165) is 75.9 Å². The van der Waals surface area contributed by atoms with Crippen LogP contribution in [0.1, 0.15) is 74.6 Å². The minimum absolute atomic E-state index is 0.168. The first kappa shape index (κ1) is 30.0. The largest absolute Gasteiger partial charge is 0.508 e. The summed E-state index contributed by atoms with van der Waals surface area (Å²) in [6.45, 7) is 0.168. The zero-order chi connectivity index (χ0) is 26.8. The van der Waals surface area contributed by atoms with Gasteiger partial charge < -0.3 is 19.7 Å². The third-order valence-corrected chi connectivity index (χ3v) is 5.11. The highest BCUT2D eigenvalue weighted by molar-refractivity contribution is 5.91. The molecule has 0 unspecified atom stereocenters. The van der Waals surface area contributed by atoms with Gasteiger partial charge >= 0.3 is 5.97 Å². The average Bonchev–Trinajstić information content (AvgIpc) is 2.86. The van der Waals surface area contributed by atoms with Crippen molar-refractivity contribution in [3.8, 4) is 11.5 Å². The molecule has 0 aliphatic carbocycles. The third-order valence-electron chi connectivity index (χ3n) is 5.11. The van der Waals surface area contributed by atoms with Crippen molar-refractivity contribution in [2.24, 2.45) is 0 Å². The van der Waals surface area contributed by atoms with Crippen molar-refractivity contribution < 1.29 is 34.4 Å². The molecule has 0 atom stereocenters. The van der Waals surface area contributed by atoms with Gasteiger partial charge in [0.25, 0.3) is 11.4 Å². The van der Waals surface area contributed by atoms with Crippen LogP contribution >= 0.6 is 0 Å². The number of benzene rings is 2. The van der Waals surface area contributed by atoms with E-state index in [1.807, 2.05) is 0 Å². The van der Waals surface area contributed by atoms with Crippen LogP contribution in [0.3, 0.4) is 0 Å². The van der Waals surface area contributed by atoms with Gasteiger partial charge in [-0.2, -0.15) is 0 Å². The molecule has 0 aromatic heterocycles. The Hall–Kier alpha value is -4.02. The van der Waals surface area contributed by atoms with Crippen LogP contribution in [0.25, 0.3) is 0 Å².